The van der Waals surface area contributed by atoms with Gasteiger partial charge in [0.15, 0.2) is 0 Å². The molecule has 2 N–H and O–H groups in total. The van der Waals surface area contributed by atoms with E-state index in [-0.39, 0.29) is 0 Å². The van der Waals surface area contributed by atoms with Crippen LogP contribution in [0.2, 0.25) is 0 Å². The monoisotopic (exact) mass is 195 g/mol. The van der Waals surface area contributed by atoms with Gasteiger partial charge < -0.3 is 5.73 Å². The first-order valence-corrected chi connectivity index (χ1v) is 5.83. The number of aryl methyl sites for hydroxylation is 1. The van der Waals surface area contributed by atoms with Crippen LogP contribution in [0.4, 0.5) is 0 Å². The summed E-state index contributed by atoms with van der Waals surface area (Å²) in [5.74, 6) is 1.56. The molecule has 1 aromatic rings. The summed E-state index contributed by atoms with van der Waals surface area (Å²) < 4.78 is 0. The molecule has 0 aliphatic heterocycles. The van der Waals surface area contributed by atoms with Crippen LogP contribution in [-0.2, 0) is 6.42 Å². The van der Waals surface area contributed by atoms with E-state index in [1.165, 1.54) is 11.3 Å². The van der Waals surface area contributed by atoms with Crippen molar-refractivity contribution in [3.8, 4) is 0 Å². The summed E-state index contributed by atoms with van der Waals surface area (Å²) in [6.07, 6.45) is 2.43. The molecule has 0 spiro atoms. The van der Waals surface area contributed by atoms with Crippen molar-refractivity contribution in [2.75, 3.05) is 6.54 Å². The summed E-state index contributed by atoms with van der Waals surface area (Å²) in [6.45, 7) is 5.38. The Morgan fingerprint density at radius 3 is 3.08 bits per heavy atom. The van der Waals surface area contributed by atoms with Gasteiger partial charge in [-0.05, 0) is 49.8 Å². The molecule has 0 bridgehead atoms. The third-order valence-electron chi connectivity index (χ3n) is 3.01. The van der Waals surface area contributed by atoms with E-state index in [4.69, 9.17) is 5.73 Å². The maximum absolute atomic E-state index is 5.64. The highest BCUT2D eigenvalue weighted by molar-refractivity contribution is 7.12. The largest absolute Gasteiger partial charge is 0.330 e. The molecule has 1 aliphatic rings. The molecular weight excluding hydrogens is 178 g/mol. The Kier molecular flexibility index (Phi) is 2.43. The lowest BCUT2D eigenvalue weighted by atomic mass is 9.95. The van der Waals surface area contributed by atoms with E-state index in [1.54, 1.807) is 10.4 Å². The molecule has 0 aromatic carbocycles. The average Bonchev–Trinajstić information content (AvgIpc) is 2.52. The molecule has 13 heavy (non-hydrogen) atoms. The van der Waals surface area contributed by atoms with Crippen LogP contribution in [0.5, 0.6) is 0 Å². The molecule has 0 fully saturated rings. The van der Waals surface area contributed by atoms with E-state index in [0.717, 1.165) is 24.8 Å². The SMILES string of the molecule is Cc1cc2c(s1)C(CCN)C(C)C2. The third kappa shape index (κ3) is 1.53. The van der Waals surface area contributed by atoms with Gasteiger partial charge >= 0.3 is 0 Å². The van der Waals surface area contributed by atoms with Gasteiger partial charge in [0.2, 0.25) is 0 Å². The fourth-order valence-corrected chi connectivity index (χ4v) is 3.72. The number of nitrogens with two attached hydrogens (primary N) is 1. The first-order valence-electron chi connectivity index (χ1n) is 5.01. The van der Waals surface area contributed by atoms with Crippen molar-refractivity contribution >= 4 is 11.3 Å². The summed E-state index contributed by atoms with van der Waals surface area (Å²) in [5, 5.41) is 0. The van der Waals surface area contributed by atoms with Gasteiger partial charge in [-0.1, -0.05) is 6.92 Å². The Bertz CT molecular complexity index is 303. The van der Waals surface area contributed by atoms with E-state index in [0.29, 0.717) is 0 Å². The number of thiophene rings is 1. The summed E-state index contributed by atoms with van der Waals surface area (Å²) in [4.78, 5) is 3.08. The molecule has 2 atom stereocenters. The molecule has 0 radical (unpaired) electrons. The predicted molar refractivity (Wildman–Crippen MR) is 58.3 cm³/mol. The Labute approximate surface area is 84.0 Å². The fourth-order valence-electron chi connectivity index (χ4n) is 2.40. The highest BCUT2D eigenvalue weighted by Gasteiger charge is 2.30. The van der Waals surface area contributed by atoms with Crippen LogP contribution in [0.1, 0.15) is 34.6 Å². The van der Waals surface area contributed by atoms with Gasteiger partial charge in [0.05, 0.1) is 0 Å². The van der Waals surface area contributed by atoms with E-state index >= 15 is 0 Å². The molecule has 1 nitrogen and oxygen atoms in total. The number of fused-ring (bicyclic) bond motifs is 1. The van der Waals surface area contributed by atoms with Crippen LogP contribution in [0, 0.1) is 12.8 Å². The zero-order valence-corrected chi connectivity index (χ0v) is 9.16. The zero-order valence-electron chi connectivity index (χ0n) is 8.34. The predicted octanol–water partition coefficient (Wildman–Crippen LogP) is 2.68. The van der Waals surface area contributed by atoms with E-state index in [9.17, 15) is 0 Å². The molecule has 2 heteroatoms. The van der Waals surface area contributed by atoms with Crippen molar-refractivity contribution in [3.63, 3.8) is 0 Å². The molecule has 0 saturated heterocycles. The van der Waals surface area contributed by atoms with Gasteiger partial charge in [-0.25, -0.2) is 0 Å². The van der Waals surface area contributed by atoms with Crippen LogP contribution in [0.3, 0.4) is 0 Å². The fraction of sp³-hybridized carbons (Fsp3) is 0.636. The van der Waals surface area contributed by atoms with Gasteiger partial charge in [0.25, 0.3) is 0 Å². The smallest absolute Gasteiger partial charge is 0.0114 e. The minimum atomic E-state index is 0.749. The lowest BCUT2D eigenvalue weighted by Crippen LogP contribution is -2.09. The average molecular weight is 195 g/mol. The maximum Gasteiger partial charge on any atom is 0.0114 e. The maximum atomic E-state index is 5.64. The second kappa shape index (κ2) is 3.43. The Balaban J connectivity index is 2.27. The quantitative estimate of drug-likeness (QED) is 0.771. The van der Waals surface area contributed by atoms with Gasteiger partial charge in [-0.3, -0.25) is 0 Å². The molecule has 2 rings (SSSR count). The van der Waals surface area contributed by atoms with Gasteiger partial charge in [-0.15, -0.1) is 11.3 Å². The lowest BCUT2D eigenvalue weighted by Gasteiger charge is -2.14. The highest BCUT2D eigenvalue weighted by Crippen LogP contribution is 2.44. The Morgan fingerprint density at radius 1 is 1.62 bits per heavy atom. The van der Waals surface area contributed by atoms with Gasteiger partial charge in [0.1, 0.15) is 0 Å². The van der Waals surface area contributed by atoms with Crippen molar-refractivity contribution < 1.29 is 0 Å². The molecule has 1 heterocycles. The molecule has 0 amide bonds. The van der Waals surface area contributed by atoms with E-state index in [1.807, 2.05) is 11.3 Å². The minimum absolute atomic E-state index is 0.749. The lowest BCUT2D eigenvalue weighted by molar-refractivity contribution is 0.478. The standard InChI is InChI=1S/C11H17NS/c1-7-5-9-6-8(2)13-11(9)10(7)3-4-12/h6-7,10H,3-5,12H2,1-2H3. The molecule has 72 valence electrons. The van der Waals surface area contributed by atoms with Crippen LogP contribution in [0.25, 0.3) is 0 Å². The normalized spacial score (nSPS) is 26.4. The van der Waals surface area contributed by atoms with Crippen molar-refractivity contribution in [1.82, 2.24) is 0 Å². The molecule has 2 unspecified atom stereocenters. The van der Waals surface area contributed by atoms with Crippen LogP contribution >= 0.6 is 11.3 Å². The second-order valence-corrected chi connectivity index (χ2v) is 5.40. The second-order valence-electron chi connectivity index (χ2n) is 4.11. The van der Waals surface area contributed by atoms with Crippen molar-refractivity contribution in [3.05, 3.63) is 21.4 Å². The van der Waals surface area contributed by atoms with Crippen molar-refractivity contribution in [2.45, 2.75) is 32.6 Å². The first kappa shape index (κ1) is 9.22. The first-order chi connectivity index (χ1) is 6.22. The number of hydrogen-bond acceptors (Lipinski definition) is 2. The van der Waals surface area contributed by atoms with Gasteiger partial charge in [-0.2, -0.15) is 0 Å². The molecule has 1 aromatic heterocycles. The number of hydrogen-bond donors (Lipinski definition) is 1. The van der Waals surface area contributed by atoms with Gasteiger partial charge in [0, 0.05) is 9.75 Å². The minimum Gasteiger partial charge on any atom is -0.330 e. The summed E-state index contributed by atoms with van der Waals surface area (Å²) >= 11 is 1.97. The highest BCUT2D eigenvalue weighted by atomic mass is 32.1. The topological polar surface area (TPSA) is 26.0 Å². The van der Waals surface area contributed by atoms with E-state index < -0.39 is 0 Å². The molecule has 1 aliphatic carbocycles. The summed E-state index contributed by atoms with van der Waals surface area (Å²) in [7, 11) is 0. The van der Waals surface area contributed by atoms with Crippen LogP contribution in [-0.4, -0.2) is 6.54 Å². The zero-order chi connectivity index (χ0) is 9.42. The Morgan fingerprint density at radius 2 is 2.38 bits per heavy atom. The summed E-state index contributed by atoms with van der Waals surface area (Å²) in [5.41, 5.74) is 7.23. The molecular formula is C11H17NS. The van der Waals surface area contributed by atoms with Crippen LogP contribution in [0.15, 0.2) is 6.07 Å². The summed E-state index contributed by atoms with van der Waals surface area (Å²) in [6, 6.07) is 2.35. The molecule has 0 saturated carbocycles. The third-order valence-corrected chi connectivity index (χ3v) is 4.23. The Hall–Kier alpha value is -0.340. The van der Waals surface area contributed by atoms with Crippen LogP contribution < -0.4 is 5.73 Å². The van der Waals surface area contributed by atoms with E-state index in [2.05, 4.69) is 19.9 Å². The van der Waals surface area contributed by atoms with Crippen molar-refractivity contribution in [1.29, 1.82) is 0 Å². The van der Waals surface area contributed by atoms with Crippen molar-refractivity contribution in [2.24, 2.45) is 11.7 Å². The number of rotatable bonds is 2.